The van der Waals surface area contributed by atoms with Crippen LogP contribution in [0.25, 0.3) is 0 Å². The lowest BCUT2D eigenvalue weighted by molar-refractivity contribution is 0.637. The monoisotopic (exact) mass is 220 g/mol. The maximum Gasteiger partial charge on any atom is 0.148 e. The predicted molar refractivity (Wildman–Crippen MR) is 65.8 cm³/mol. The van der Waals surface area contributed by atoms with Crippen LogP contribution in [0.2, 0.25) is 0 Å². The van der Waals surface area contributed by atoms with Crippen molar-refractivity contribution in [3.05, 3.63) is 5.69 Å². The number of fused-ring (bicyclic) bond motifs is 1. The molecule has 1 atom stereocenters. The molecule has 0 bridgehead atoms. The van der Waals surface area contributed by atoms with Gasteiger partial charge in [0, 0.05) is 19.6 Å². The number of hydrogen-bond acceptors (Lipinski definition) is 3. The first-order valence-electron chi connectivity index (χ1n) is 6.36. The van der Waals surface area contributed by atoms with Crippen LogP contribution in [0, 0.1) is 5.92 Å². The molecule has 0 radical (unpaired) electrons. The van der Waals surface area contributed by atoms with Gasteiger partial charge in [0.1, 0.15) is 11.5 Å². The minimum atomic E-state index is 0.609. The smallest absolute Gasteiger partial charge is 0.148 e. The average Bonchev–Trinajstić information content (AvgIpc) is 3.08. The number of nitrogens with one attached hydrogen (secondary N) is 2. The Labute approximate surface area is 96.4 Å². The summed E-state index contributed by atoms with van der Waals surface area (Å²) < 4.78 is 1.99. The van der Waals surface area contributed by atoms with Crippen molar-refractivity contribution >= 4 is 11.5 Å². The second kappa shape index (κ2) is 3.68. The largest absolute Gasteiger partial charge is 0.378 e. The van der Waals surface area contributed by atoms with Crippen LogP contribution < -0.4 is 10.6 Å². The van der Waals surface area contributed by atoms with Crippen LogP contribution in [0.3, 0.4) is 0 Å². The summed E-state index contributed by atoms with van der Waals surface area (Å²) in [7, 11) is 2.03. The van der Waals surface area contributed by atoms with Crippen LogP contribution in [0.4, 0.5) is 11.5 Å². The minimum Gasteiger partial charge on any atom is -0.378 e. The van der Waals surface area contributed by atoms with Gasteiger partial charge in [0.2, 0.25) is 0 Å². The van der Waals surface area contributed by atoms with E-state index in [-0.39, 0.29) is 0 Å². The molecule has 0 amide bonds. The van der Waals surface area contributed by atoms with Gasteiger partial charge in [-0.25, -0.2) is 0 Å². The second-order valence-electron chi connectivity index (χ2n) is 5.01. The number of nitrogens with zero attached hydrogens (tertiary/aromatic N) is 2. The molecule has 4 nitrogen and oxygen atoms in total. The summed E-state index contributed by atoms with van der Waals surface area (Å²) in [5.41, 5.74) is 2.45. The third-order valence-corrected chi connectivity index (χ3v) is 3.62. The molecule has 1 aromatic rings. The Hall–Kier alpha value is -1.19. The Morgan fingerprint density at radius 1 is 1.44 bits per heavy atom. The van der Waals surface area contributed by atoms with Gasteiger partial charge in [-0.05, 0) is 25.2 Å². The summed E-state index contributed by atoms with van der Waals surface area (Å²) in [5.74, 6) is 2.07. The van der Waals surface area contributed by atoms with E-state index >= 15 is 0 Å². The van der Waals surface area contributed by atoms with Gasteiger partial charge < -0.3 is 10.6 Å². The maximum absolute atomic E-state index is 4.59. The molecule has 1 saturated carbocycles. The van der Waals surface area contributed by atoms with Crippen LogP contribution in [0.15, 0.2) is 0 Å². The quantitative estimate of drug-likeness (QED) is 0.818. The zero-order valence-corrected chi connectivity index (χ0v) is 10.1. The molecule has 4 heteroatoms. The first-order chi connectivity index (χ1) is 7.79. The van der Waals surface area contributed by atoms with Crippen molar-refractivity contribution < 1.29 is 0 Å². The van der Waals surface area contributed by atoms with Crippen molar-refractivity contribution in [3.8, 4) is 0 Å². The molecule has 1 unspecified atom stereocenters. The lowest BCUT2D eigenvalue weighted by atomic mass is 10.1. The average molecular weight is 220 g/mol. The third-order valence-electron chi connectivity index (χ3n) is 3.62. The summed E-state index contributed by atoms with van der Waals surface area (Å²) in [6.45, 7) is 3.25. The molecule has 0 saturated heterocycles. The highest BCUT2D eigenvalue weighted by atomic mass is 15.4. The highest BCUT2D eigenvalue weighted by molar-refractivity contribution is 5.71. The van der Waals surface area contributed by atoms with Crippen LogP contribution in [-0.2, 0) is 13.5 Å². The van der Waals surface area contributed by atoms with Crippen LogP contribution in [0.5, 0.6) is 0 Å². The van der Waals surface area contributed by atoms with Crippen LogP contribution in [0.1, 0.15) is 31.9 Å². The van der Waals surface area contributed by atoms with Crippen molar-refractivity contribution in [3.63, 3.8) is 0 Å². The molecule has 16 heavy (non-hydrogen) atoms. The topological polar surface area (TPSA) is 41.9 Å². The van der Waals surface area contributed by atoms with Gasteiger partial charge in [0.15, 0.2) is 0 Å². The van der Waals surface area contributed by atoms with Gasteiger partial charge in [-0.15, -0.1) is 0 Å². The number of hydrogen-bond donors (Lipinski definition) is 2. The number of anilines is 2. The van der Waals surface area contributed by atoms with Crippen LogP contribution >= 0.6 is 0 Å². The van der Waals surface area contributed by atoms with Crippen molar-refractivity contribution in [2.75, 3.05) is 17.2 Å². The van der Waals surface area contributed by atoms with E-state index in [9.17, 15) is 0 Å². The normalized spacial score (nSPS) is 23.5. The van der Waals surface area contributed by atoms with Gasteiger partial charge >= 0.3 is 0 Å². The molecule has 2 heterocycles. The fourth-order valence-corrected chi connectivity index (χ4v) is 2.56. The first-order valence-corrected chi connectivity index (χ1v) is 6.36. The molecule has 1 aromatic heterocycles. The fraction of sp³-hybridized carbons (Fsp3) is 0.750. The molecule has 3 rings (SSSR count). The SMILES string of the molecule is CCCc1nn(C)c2c1NCC(C1CC1)N2. The Kier molecular flexibility index (Phi) is 2.30. The Bertz CT molecular complexity index is 392. The molecule has 2 aliphatic rings. The molecule has 88 valence electrons. The summed E-state index contributed by atoms with van der Waals surface area (Å²) in [5, 5.41) is 11.8. The lowest BCUT2D eigenvalue weighted by Crippen LogP contribution is -2.35. The highest BCUT2D eigenvalue weighted by Crippen LogP contribution is 2.39. The van der Waals surface area contributed by atoms with E-state index in [4.69, 9.17) is 0 Å². The lowest BCUT2D eigenvalue weighted by Gasteiger charge is -2.26. The second-order valence-corrected chi connectivity index (χ2v) is 5.01. The fourth-order valence-electron chi connectivity index (χ4n) is 2.56. The van der Waals surface area contributed by atoms with Gasteiger partial charge in [-0.3, -0.25) is 4.68 Å². The molecule has 1 aliphatic carbocycles. The number of rotatable bonds is 3. The zero-order chi connectivity index (χ0) is 11.1. The standard InChI is InChI=1S/C12H20N4/c1-3-4-9-11-12(16(2)15-9)14-10(7-13-11)8-5-6-8/h8,10,13-14H,3-7H2,1-2H3. The summed E-state index contributed by atoms with van der Waals surface area (Å²) in [4.78, 5) is 0. The van der Waals surface area contributed by atoms with Crippen molar-refractivity contribution in [1.82, 2.24) is 9.78 Å². The summed E-state index contributed by atoms with van der Waals surface area (Å²) in [6.07, 6.45) is 4.98. The molecular formula is C12H20N4. The van der Waals surface area contributed by atoms with E-state index in [0.717, 1.165) is 25.3 Å². The summed E-state index contributed by atoms with van der Waals surface area (Å²) >= 11 is 0. The highest BCUT2D eigenvalue weighted by Gasteiger charge is 2.35. The van der Waals surface area contributed by atoms with E-state index in [1.807, 2.05) is 11.7 Å². The molecule has 1 fully saturated rings. The van der Waals surface area contributed by atoms with E-state index < -0.39 is 0 Å². The van der Waals surface area contributed by atoms with E-state index in [2.05, 4.69) is 22.7 Å². The zero-order valence-electron chi connectivity index (χ0n) is 10.1. The number of aryl methyl sites for hydroxylation is 2. The van der Waals surface area contributed by atoms with Gasteiger partial charge in [-0.2, -0.15) is 5.10 Å². The molecule has 2 N–H and O–H groups in total. The van der Waals surface area contributed by atoms with Crippen molar-refractivity contribution in [2.24, 2.45) is 13.0 Å². The number of aromatic nitrogens is 2. The van der Waals surface area contributed by atoms with Crippen molar-refractivity contribution in [2.45, 2.75) is 38.6 Å². The van der Waals surface area contributed by atoms with Gasteiger partial charge in [0.05, 0.1) is 5.69 Å². The van der Waals surface area contributed by atoms with E-state index in [0.29, 0.717) is 6.04 Å². The van der Waals surface area contributed by atoms with Crippen molar-refractivity contribution in [1.29, 1.82) is 0 Å². The van der Waals surface area contributed by atoms with E-state index in [1.54, 1.807) is 0 Å². The summed E-state index contributed by atoms with van der Waals surface area (Å²) in [6, 6.07) is 0.609. The Balaban J connectivity index is 1.86. The van der Waals surface area contributed by atoms with Crippen LogP contribution in [-0.4, -0.2) is 22.4 Å². The van der Waals surface area contributed by atoms with Gasteiger partial charge in [-0.1, -0.05) is 13.3 Å². The van der Waals surface area contributed by atoms with Gasteiger partial charge in [0.25, 0.3) is 0 Å². The molecule has 0 spiro atoms. The Morgan fingerprint density at radius 2 is 2.25 bits per heavy atom. The molecule has 0 aromatic carbocycles. The minimum absolute atomic E-state index is 0.609. The molecular weight excluding hydrogens is 200 g/mol. The maximum atomic E-state index is 4.59. The third kappa shape index (κ3) is 1.56. The Morgan fingerprint density at radius 3 is 2.94 bits per heavy atom. The first kappa shape index (κ1) is 10.00. The molecule has 1 aliphatic heterocycles. The van der Waals surface area contributed by atoms with E-state index in [1.165, 1.54) is 30.0 Å². The predicted octanol–water partition coefficient (Wildman–Crippen LogP) is 1.99.